The van der Waals surface area contributed by atoms with Crippen LogP contribution in [0.1, 0.15) is 34.8 Å². The molecular formula is C26H31N3O4. The van der Waals surface area contributed by atoms with Crippen LogP contribution in [-0.4, -0.2) is 71.8 Å². The average Bonchev–Trinajstić information content (AvgIpc) is 3.20. The molecule has 0 bridgehead atoms. The van der Waals surface area contributed by atoms with Gasteiger partial charge in [0.05, 0.1) is 18.1 Å². The molecule has 1 atom stereocenters. The molecule has 2 saturated heterocycles. The summed E-state index contributed by atoms with van der Waals surface area (Å²) in [6.45, 7) is 7.29. The molecule has 3 amide bonds. The molecule has 0 radical (unpaired) electrons. The van der Waals surface area contributed by atoms with Gasteiger partial charge in [0.25, 0.3) is 5.91 Å². The van der Waals surface area contributed by atoms with E-state index < -0.39 is 0 Å². The van der Waals surface area contributed by atoms with Crippen LogP contribution in [-0.2, 0) is 16.1 Å². The van der Waals surface area contributed by atoms with Gasteiger partial charge in [-0.2, -0.15) is 0 Å². The second kappa shape index (κ2) is 10.1. The summed E-state index contributed by atoms with van der Waals surface area (Å²) in [7, 11) is 0. The molecule has 2 fully saturated rings. The summed E-state index contributed by atoms with van der Waals surface area (Å²) in [6, 6.07) is 15.4. The van der Waals surface area contributed by atoms with Crippen LogP contribution in [0, 0.1) is 12.8 Å². The molecule has 2 heterocycles. The summed E-state index contributed by atoms with van der Waals surface area (Å²) in [4.78, 5) is 44.0. The standard InChI is InChI=1S/C26H31N3O4/c1-3-33-23-7-5-4-6-22(23)26(32)28-14-12-27(13-15-28)25(31)21-16-24(30)29(18-21)17-20-10-8-19(2)9-11-20/h4-11,21H,3,12-18H2,1-2H3. The van der Waals surface area contributed by atoms with E-state index in [0.29, 0.717) is 57.2 Å². The van der Waals surface area contributed by atoms with Gasteiger partial charge in [0.2, 0.25) is 11.8 Å². The molecule has 174 valence electrons. The Bertz CT molecular complexity index is 1010. The third kappa shape index (κ3) is 5.18. The van der Waals surface area contributed by atoms with Crippen molar-refractivity contribution in [2.45, 2.75) is 26.8 Å². The minimum Gasteiger partial charge on any atom is -0.493 e. The molecule has 0 aliphatic carbocycles. The van der Waals surface area contributed by atoms with Crippen LogP contribution in [0.15, 0.2) is 48.5 Å². The monoisotopic (exact) mass is 449 g/mol. The fourth-order valence-electron chi connectivity index (χ4n) is 4.49. The Hall–Kier alpha value is -3.35. The molecule has 0 aromatic heterocycles. The number of carbonyl (C=O) groups excluding carboxylic acids is 3. The first kappa shape index (κ1) is 22.8. The van der Waals surface area contributed by atoms with Gasteiger partial charge in [0.1, 0.15) is 5.75 Å². The van der Waals surface area contributed by atoms with Gasteiger partial charge in [-0.15, -0.1) is 0 Å². The Morgan fingerprint density at radius 2 is 1.64 bits per heavy atom. The van der Waals surface area contributed by atoms with E-state index in [1.54, 1.807) is 26.8 Å². The Morgan fingerprint density at radius 3 is 2.33 bits per heavy atom. The highest BCUT2D eigenvalue weighted by Gasteiger charge is 2.37. The second-order valence-corrected chi connectivity index (χ2v) is 8.71. The third-order valence-electron chi connectivity index (χ3n) is 6.35. The second-order valence-electron chi connectivity index (χ2n) is 8.71. The maximum Gasteiger partial charge on any atom is 0.257 e. The molecule has 1 unspecified atom stereocenters. The van der Waals surface area contributed by atoms with E-state index in [0.717, 1.165) is 5.56 Å². The summed E-state index contributed by atoms with van der Waals surface area (Å²) in [5, 5.41) is 0. The third-order valence-corrected chi connectivity index (χ3v) is 6.35. The van der Waals surface area contributed by atoms with Crippen LogP contribution in [0.5, 0.6) is 5.75 Å². The topological polar surface area (TPSA) is 70.2 Å². The molecule has 2 aromatic rings. The van der Waals surface area contributed by atoms with Gasteiger partial charge in [-0.1, -0.05) is 42.0 Å². The van der Waals surface area contributed by atoms with Crippen molar-refractivity contribution in [3.63, 3.8) is 0 Å². The highest BCUT2D eigenvalue weighted by molar-refractivity contribution is 5.97. The summed E-state index contributed by atoms with van der Waals surface area (Å²) in [5.41, 5.74) is 2.80. The van der Waals surface area contributed by atoms with Crippen LogP contribution in [0.2, 0.25) is 0 Å². The van der Waals surface area contributed by atoms with Crippen LogP contribution in [0.25, 0.3) is 0 Å². The maximum atomic E-state index is 13.1. The van der Waals surface area contributed by atoms with E-state index in [1.807, 2.05) is 50.2 Å². The Morgan fingerprint density at radius 1 is 0.970 bits per heavy atom. The molecule has 7 heteroatoms. The van der Waals surface area contributed by atoms with Gasteiger partial charge >= 0.3 is 0 Å². The van der Waals surface area contributed by atoms with Crippen molar-refractivity contribution >= 4 is 17.7 Å². The van der Waals surface area contributed by atoms with E-state index in [4.69, 9.17) is 4.74 Å². The number of nitrogens with zero attached hydrogens (tertiary/aromatic N) is 3. The summed E-state index contributed by atoms with van der Waals surface area (Å²) in [6.07, 6.45) is 0.256. The minimum atomic E-state index is -0.316. The van der Waals surface area contributed by atoms with Gasteiger partial charge < -0.3 is 19.4 Å². The molecule has 4 rings (SSSR count). The normalized spacial score (nSPS) is 18.5. The highest BCUT2D eigenvalue weighted by atomic mass is 16.5. The van der Waals surface area contributed by atoms with Crippen molar-refractivity contribution in [2.24, 2.45) is 5.92 Å². The van der Waals surface area contributed by atoms with Crippen LogP contribution in [0.4, 0.5) is 0 Å². The quantitative estimate of drug-likeness (QED) is 0.680. The Labute approximate surface area is 194 Å². The van der Waals surface area contributed by atoms with E-state index in [2.05, 4.69) is 0 Å². The molecule has 0 spiro atoms. The van der Waals surface area contributed by atoms with Crippen molar-refractivity contribution < 1.29 is 19.1 Å². The Balaban J connectivity index is 1.32. The lowest BCUT2D eigenvalue weighted by atomic mass is 10.1. The smallest absolute Gasteiger partial charge is 0.257 e. The van der Waals surface area contributed by atoms with Crippen molar-refractivity contribution in [1.82, 2.24) is 14.7 Å². The highest BCUT2D eigenvalue weighted by Crippen LogP contribution is 2.24. The number of hydrogen-bond acceptors (Lipinski definition) is 4. The number of likely N-dealkylation sites (tertiary alicyclic amines) is 1. The number of amides is 3. The summed E-state index contributed by atoms with van der Waals surface area (Å²) < 4.78 is 5.60. The number of ether oxygens (including phenoxy) is 1. The maximum absolute atomic E-state index is 13.1. The van der Waals surface area contributed by atoms with Crippen LogP contribution >= 0.6 is 0 Å². The predicted octanol–water partition coefficient (Wildman–Crippen LogP) is 2.73. The fourth-order valence-corrected chi connectivity index (χ4v) is 4.49. The zero-order valence-electron chi connectivity index (χ0n) is 19.3. The van der Waals surface area contributed by atoms with Crippen LogP contribution in [0.3, 0.4) is 0 Å². The van der Waals surface area contributed by atoms with Gasteiger partial charge in [-0.05, 0) is 31.5 Å². The number of piperazine rings is 1. The minimum absolute atomic E-state index is 0.0107. The summed E-state index contributed by atoms with van der Waals surface area (Å²) in [5.74, 6) is 0.226. The van der Waals surface area contributed by atoms with Gasteiger partial charge in [0, 0.05) is 45.7 Å². The van der Waals surface area contributed by atoms with Gasteiger partial charge in [-0.25, -0.2) is 0 Å². The van der Waals surface area contributed by atoms with E-state index in [1.165, 1.54) is 5.56 Å². The SMILES string of the molecule is CCOc1ccccc1C(=O)N1CCN(C(=O)C2CC(=O)N(Cc3ccc(C)cc3)C2)CC1. The molecular weight excluding hydrogens is 418 g/mol. The number of para-hydroxylation sites is 1. The molecule has 2 aliphatic rings. The molecule has 2 aliphatic heterocycles. The van der Waals surface area contributed by atoms with E-state index in [9.17, 15) is 14.4 Å². The van der Waals surface area contributed by atoms with Gasteiger partial charge in [-0.3, -0.25) is 14.4 Å². The number of carbonyl (C=O) groups is 3. The zero-order valence-corrected chi connectivity index (χ0v) is 19.3. The lowest BCUT2D eigenvalue weighted by Crippen LogP contribution is -2.52. The average molecular weight is 450 g/mol. The molecule has 0 saturated carbocycles. The Kier molecular flexibility index (Phi) is 6.96. The first-order valence-electron chi connectivity index (χ1n) is 11.6. The van der Waals surface area contributed by atoms with Gasteiger partial charge in [0.15, 0.2) is 0 Å². The first-order chi connectivity index (χ1) is 16.0. The van der Waals surface area contributed by atoms with Crippen molar-refractivity contribution in [1.29, 1.82) is 0 Å². The van der Waals surface area contributed by atoms with Crippen molar-refractivity contribution in [3.8, 4) is 5.75 Å². The van der Waals surface area contributed by atoms with Crippen molar-refractivity contribution in [2.75, 3.05) is 39.3 Å². The fraction of sp³-hybridized carbons (Fsp3) is 0.423. The lowest BCUT2D eigenvalue weighted by Gasteiger charge is -2.36. The first-order valence-corrected chi connectivity index (χ1v) is 11.6. The summed E-state index contributed by atoms with van der Waals surface area (Å²) >= 11 is 0. The number of benzene rings is 2. The molecule has 7 nitrogen and oxygen atoms in total. The number of aryl methyl sites for hydroxylation is 1. The molecule has 33 heavy (non-hydrogen) atoms. The van der Waals surface area contributed by atoms with Crippen LogP contribution < -0.4 is 4.74 Å². The predicted molar refractivity (Wildman–Crippen MR) is 125 cm³/mol. The zero-order chi connectivity index (χ0) is 23.4. The van der Waals surface area contributed by atoms with E-state index >= 15 is 0 Å². The number of hydrogen-bond donors (Lipinski definition) is 0. The lowest BCUT2D eigenvalue weighted by molar-refractivity contribution is -0.137. The van der Waals surface area contributed by atoms with Crippen molar-refractivity contribution in [3.05, 3.63) is 65.2 Å². The number of rotatable bonds is 6. The van der Waals surface area contributed by atoms with E-state index in [-0.39, 0.29) is 30.1 Å². The molecule has 2 aromatic carbocycles. The molecule has 0 N–H and O–H groups in total. The largest absolute Gasteiger partial charge is 0.493 e.